The number of carbonyl (C=O) groups excluding carboxylic acids is 1. The molecule has 0 amide bonds. The minimum Gasteiger partial charge on any atom is -0.508 e. The van der Waals surface area contributed by atoms with Crippen LogP contribution < -0.4 is 14.2 Å². The van der Waals surface area contributed by atoms with Gasteiger partial charge in [0.15, 0.2) is 0 Å². The summed E-state index contributed by atoms with van der Waals surface area (Å²) in [6.07, 6.45) is 1.40. The molecule has 1 heterocycles. The van der Waals surface area contributed by atoms with E-state index < -0.39 is 0 Å². The van der Waals surface area contributed by atoms with E-state index in [1.807, 2.05) is 42.5 Å². The van der Waals surface area contributed by atoms with Gasteiger partial charge in [-0.3, -0.25) is 4.79 Å². The van der Waals surface area contributed by atoms with Crippen LogP contribution in [0.4, 0.5) is 0 Å². The Balaban J connectivity index is 1.62. The molecule has 0 radical (unpaired) electrons. The SMILES string of the molecule is CC(=O)Oc1ccc(C2CCc3ccc(O)cc3O2)c(OCc2ccccc2)c1. The van der Waals surface area contributed by atoms with Crippen molar-refractivity contribution in [2.75, 3.05) is 0 Å². The largest absolute Gasteiger partial charge is 0.508 e. The Morgan fingerprint density at radius 2 is 1.93 bits per heavy atom. The Morgan fingerprint density at radius 3 is 2.72 bits per heavy atom. The second kappa shape index (κ2) is 8.27. The number of rotatable bonds is 5. The third kappa shape index (κ3) is 4.51. The predicted octanol–water partition coefficient (Wildman–Crippen LogP) is 4.96. The lowest BCUT2D eigenvalue weighted by Gasteiger charge is -2.28. The van der Waals surface area contributed by atoms with Crippen molar-refractivity contribution in [3.63, 3.8) is 0 Å². The van der Waals surface area contributed by atoms with Crippen LogP contribution in [0.2, 0.25) is 0 Å². The zero-order valence-corrected chi connectivity index (χ0v) is 16.1. The lowest BCUT2D eigenvalue weighted by molar-refractivity contribution is -0.131. The van der Waals surface area contributed by atoms with Crippen molar-refractivity contribution in [1.29, 1.82) is 0 Å². The van der Waals surface area contributed by atoms with E-state index in [1.54, 1.807) is 24.3 Å². The third-order valence-corrected chi connectivity index (χ3v) is 4.83. The normalized spacial score (nSPS) is 15.1. The lowest BCUT2D eigenvalue weighted by atomic mass is 9.96. The smallest absolute Gasteiger partial charge is 0.308 e. The molecule has 29 heavy (non-hydrogen) atoms. The molecule has 0 fully saturated rings. The van der Waals surface area contributed by atoms with Gasteiger partial charge in [-0.2, -0.15) is 0 Å². The van der Waals surface area contributed by atoms with Crippen LogP contribution in [0, 0.1) is 0 Å². The Labute approximate surface area is 169 Å². The summed E-state index contributed by atoms with van der Waals surface area (Å²) in [6, 6.07) is 20.4. The van der Waals surface area contributed by atoms with E-state index in [4.69, 9.17) is 14.2 Å². The Bertz CT molecular complexity index is 1010. The average molecular weight is 390 g/mol. The quantitative estimate of drug-likeness (QED) is 0.493. The maximum absolute atomic E-state index is 11.3. The maximum Gasteiger partial charge on any atom is 0.308 e. The Hall–Kier alpha value is -3.47. The molecule has 0 bridgehead atoms. The van der Waals surface area contributed by atoms with Gasteiger partial charge in [0.1, 0.15) is 35.7 Å². The lowest BCUT2D eigenvalue weighted by Crippen LogP contribution is -2.16. The fraction of sp³-hybridized carbons (Fsp3) is 0.208. The van der Waals surface area contributed by atoms with Crippen LogP contribution in [0.25, 0.3) is 0 Å². The van der Waals surface area contributed by atoms with E-state index >= 15 is 0 Å². The fourth-order valence-corrected chi connectivity index (χ4v) is 3.45. The van der Waals surface area contributed by atoms with E-state index in [9.17, 15) is 9.90 Å². The summed E-state index contributed by atoms with van der Waals surface area (Å²) in [6.45, 7) is 1.76. The number of phenolic OH excluding ortho intramolecular Hbond substituents is 1. The zero-order chi connectivity index (χ0) is 20.2. The predicted molar refractivity (Wildman–Crippen MR) is 108 cm³/mol. The summed E-state index contributed by atoms with van der Waals surface area (Å²) in [5.74, 6) is 1.51. The molecule has 0 saturated carbocycles. The van der Waals surface area contributed by atoms with Crippen LogP contribution in [-0.4, -0.2) is 11.1 Å². The van der Waals surface area contributed by atoms with Crippen LogP contribution in [0.1, 0.15) is 36.1 Å². The number of benzene rings is 3. The first-order valence-electron chi connectivity index (χ1n) is 9.56. The molecule has 148 valence electrons. The van der Waals surface area contributed by atoms with E-state index in [0.29, 0.717) is 23.9 Å². The highest BCUT2D eigenvalue weighted by atomic mass is 16.5. The second-order valence-corrected chi connectivity index (χ2v) is 7.00. The van der Waals surface area contributed by atoms with Crippen molar-refractivity contribution in [2.45, 2.75) is 32.5 Å². The number of aromatic hydroxyl groups is 1. The standard InChI is InChI=1S/C24H22O5/c1-16(25)28-20-10-11-21(24(14-20)27-15-17-5-3-2-4-6-17)22-12-8-18-7-9-19(26)13-23(18)29-22/h2-7,9-11,13-14,22,26H,8,12,15H2,1H3. The number of ether oxygens (including phenoxy) is 3. The summed E-state index contributed by atoms with van der Waals surface area (Å²) in [5.41, 5.74) is 2.99. The van der Waals surface area contributed by atoms with E-state index in [-0.39, 0.29) is 17.8 Å². The Kier molecular flexibility index (Phi) is 5.38. The first kappa shape index (κ1) is 18.9. The molecule has 1 aliphatic heterocycles. The topological polar surface area (TPSA) is 65.0 Å². The average Bonchev–Trinajstić information content (AvgIpc) is 2.72. The van der Waals surface area contributed by atoms with Crippen LogP contribution in [-0.2, 0) is 17.8 Å². The molecule has 1 unspecified atom stereocenters. The zero-order valence-electron chi connectivity index (χ0n) is 16.1. The highest BCUT2D eigenvalue weighted by Crippen LogP contribution is 2.40. The van der Waals surface area contributed by atoms with Crippen molar-refractivity contribution in [1.82, 2.24) is 0 Å². The number of aryl methyl sites for hydroxylation is 1. The van der Waals surface area contributed by atoms with Crippen LogP contribution in [0.15, 0.2) is 66.7 Å². The third-order valence-electron chi connectivity index (χ3n) is 4.83. The number of hydrogen-bond acceptors (Lipinski definition) is 5. The van der Waals surface area contributed by atoms with Gasteiger partial charge in [-0.1, -0.05) is 36.4 Å². The van der Waals surface area contributed by atoms with Crippen molar-refractivity contribution < 1.29 is 24.1 Å². The first-order chi connectivity index (χ1) is 14.1. The summed E-state index contributed by atoms with van der Waals surface area (Å²) < 4.78 is 17.5. The van der Waals surface area contributed by atoms with Gasteiger partial charge >= 0.3 is 5.97 Å². The number of phenols is 1. The molecule has 3 aromatic rings. The van der Waals surface area contributed by atoms with Crippen molar-refractivity contribution in [2.24, 2.45) is 0 Å². The van der Waals surface area contributed by atoms with Crippen molar-refractivity contribution in [3.8, 4) is 23.0 Å². The molecule has 4 rings (SSSR count). The van der Waals surface area contributed by atoms with Crippen LogP contribution >= 0.6 is 0 Å². The molecule has 0 aromatic heterocycles. The summed E-state index contributed by atoms with van der Waals surface area (Å²) in [7, 11) is 0. The molecule has 5 nitrogen and oxygen atoms in total. The van der Waals surface area contributed by atoms with Gasteiger partial charge in [-0.15, -0.1) is 0 Å². The maximum atomic E-state index is 11.3. The van der Waals surface area contributed by atoms with Gasteiger partial charge < -0.3 is 19.3 Å². The van der Waals surface area contributed by atoms with Gasteiger partial charge in [-0.05, 0) is 42.2 Å². The van der Waals surface area contributed by atoms with Crippen LogP contribution in [0.5, 0.6) is 23.0 Å². The van der Waals surface area contributed by atoms with Gasteiger partial charge in [0.2, 0.25) is 0 Å². The minimum absolute atomic E-state index is 0.176. The fourth-order valence-electron chi connectivity index (χ4n) is 3.45. The monoisotopic (exact) mass is 390 g/mol. The van der Waals surface area contributed by atoms with Gasteiger partial charge in [0.05, 0.1) is 0 Å². The van der Waals surface area contributed by atoms with Gasteiger partial charge in [0, 0.05) is 24.6 Å². The van der Waals surface area contributed by atoms with Gasteiger partial charge in [0.25, 0.3) is 0 Å². The number of esters is 1. The number of fused-ring (bicyclic) bond motifs is 1. The molecule has 0 saturated heterocycles. The summed E-state index contributed by atoms with van der Waals surface area (Å²) >= 11 is 0. The molecule has 0 aliphatic carbocycles. The molecule has 1 N–H and O–H groups in total. The van der Waals surface area contributed by atoms with E-state index in [2.05, 4.69) is 0 Å². The summed E-state index contributed by atoms with van der Waals surface area (Å²) in [5, 5.41) is 9.78. The van der Waals surface area contributed by atoms with E-state index in [0.717, 1.165) is 29.5 Å². The minimum atomic E-state index is -0.384. The molecule has 1 atom stereocenters. The number of carbonyl (C=O) groups is 1. The molecule has 0 spiro atoms. The summed E-state index contributed by atoms with van der Waals surface area (Å²) in [4.78, 5) is 11.3. The number of hydrogen-bond donors (Lipinski definition) is 1. The highest BCUT2D eigenvalue weighted by molar-refractivity contribution is 5.69. The van der Waals surface area contributed by atoms with Gasteiger partial charge in [-0.25, -0.2) is 0 Å². The Morgan fingerprint density at radius 1 is 1.10 bits per heavy atom. The second-order valence-electron chi connectivity index (χ2n) is 7.00. The molecule has 1 aliphatic rings. The van der Waals surface area contributed by atoms with Crippen molar-refractivity contribution >= 4 is 5.97 Å². The highest BCUT2D eigenvalue weighted by Gasteiger charge is 2.25. The molecular weight excluding hydrogens is 368 g/mol. The van der Waals surface area contributed by atoms with Crippen LogP contribution in [0.3, 0.4) is 0 Å². The van der Waals surface area contributed by atoms with E-state index in [1.165, 1.54) is 6.92 Å². The molecular formula is C24H22O5. The molecule has 5 heteroatoms. The van der Waals surface area contributed by atoms with Crippen molar-refractivity contribution in [3.05, 3.63) is 83.4 Å². The molecule has 3 aromatic carbocycles. The first-order valence-corrected chi connectivity index (χ1v) is 9.56.